The number of halogens is 1. The summed E-state index contributed by atoms with van der Waals surface area (Å²) in [5.41, 5.74) is 2.08. The first-order chi connectivity index (χ1) is 19.4. The van der Waals surface area contributed by atoms with Crippen LogP contribution in [0.3, 0.4) is 0 Å². The molecule has 4 aromatic rings. The van der Waals surface area contributed by atoms with E-state index in [1.807, 2.05) is 0 Å². The molecular weight excluding hydrogens is 517 g/mol. The van der Waals surface area contributed by atoms with Crippen LogP contribution >= 0.6 is 0 Å². The van der Waals surface area contributed by atoms with Crippen LogP contribution in [0.25, 0.3) is 11.4 Å². The van der Waals surface area contributed by atoms with Crippen LogP contribution in [0, 0.1) is 5.82 Å². The van der Waals surface area contributed by atoms with E-state index >= 15 is 4.39 Å². The van der Waals surface area contributed by atoms with Gasteiger partial charge in [0.25, 0.3) is 5.91 Å². The second kappa shape index (κ2) is 11.0. The predicted octanol–water partition coefficient (Wildman–Crippen LogP) is 5.05. The van der Waals surface area contributed by atoms with Gasteiger partial charge in [-0.3, -0.25) is 4.79 Å². The zero-order valence-corrected chi connectivity index (χ0v) is 22.6. The Kier molecular flexibility index (Phi) is 7.28. The molecule has 0 saturated carbocycles. The van der Waals surface area contributed by atoms with Gasteiger partial charge in [-0.15, -0.1) is 5.10 Å². The van der Waals surface area contributed by atoms with Crippen LogP contribution in [0.1, 0.15) is 18.5 Å². The Labute approximate surface area is 230 Å². The number of nitrogens with zero attached hydrogens (tertiary/aromatic N) is 3. The number of carbonyl (C=O) groups excluding carboxylic acids is 1. The minimum atomic E-state index is -0.921. The van der Waals surface area contributed by atoms with Gasteiger partial charge in [-0.2, -0.15) is 4.98 Å². The summed E-state index contributed by atoms with van der Waals surface area (Å²) in [7, 11) is 6.07. The lowest BCUT2D eigenvalue weighted by molar-refractivity contribution is -0.113. The normalized spacial score (nSPS) is 14.2. The highest BCUT2D eigenvalue weighted by Gasteiger charge is 2.36. The number of anilines is 2. The zero-order chi connectivity index (χ0) is 28.4. The van der Waals surface area contributed by atoms with E-state index in [1.54, 1.807) is 61.5 Å². The van der Waals surface area contributed by atoms with E-state index in [2.05, 4.69) is 15.6 Å². The van der Waals surface area contributed by atoms with E-state index in [4.69, 9.17) is 24.0 Å². The molecule has 1 aromatic heterocycles. The molecule has 1 unspecified atom stereocenters. The van der Waals surface area contributed by atoms with Gasteiger partial charge in [0.2, 0.25) is 11.7 Å². The van der Waals surface area contributed by atoms with E-state index in [1.165, 1.54) is 39.2 Å². The highest BCUT2D eigenvalue weighted by molar-refractivity contribution is 6.06. The van der Waals surface area contributed by atoms with Crippen LogP contribution < -0.4 is 29.6 Å². The maximum absolute atomic E-state index is 15.3. The molecular formula is C29H28FN5O5. The molecule has 5 rings (SSSR count). The highest BCUT2D eigenvalue weighted by Crippen LogP contribution is 2.42. The standard InChI is InChI=1S/C29H28FN5O5/c1-16-24(28(36)32-20-12-8-9-13-21(20)37-2)25(18-10-6-7-11-19(18)30)35-29(31-16)33-27(34-35)17-14-22(38-3)26(40-5)23(15-17)39-4/h6-15,25H,1-5H3,(H,32,36)(H,31,33,34). The van der Waals surface area contributed by atoms with E-state index in [0.29, 0.717) is 51.7 Å². The number of amides is 1. The summed E-state index contributed by atoms with van der Waals surface area (Å²) in [5, 5.41) is 10.8. The van der Waals surface area contributed by atoms with Crippen LogP contribution in [0.2, 0.25) is 0 Å². The largest absolute Gasteiger partial charge is 0.495 e. The third-order valence-electron chi connectivity index (χ3n) is 6.58. The molecule has 1 aliphatic rings. The van der Waals surface area contributed by atoms with Crippen molar-refractivity contribution in [1.82, 2.24) is 14.8 Å². The molecule has 0 fully saturated rings. The van der Waals surface area contributed by atoms with Gasteiger partial charge in [-0.25, -0.2) is 9.07 Å². The lowest BCUT2D eigenvalue weighted by Gasteiger charge is -2.29. The average molecular weight is 546 g/mol. The Morgan fingerprint density at radius 1 is 0.925 bits per heavy atom. The number of carbonyl (C=O) groups is 1. The fraction of sp³-hybridized carbons (Fsp3) is 0.207. The second-order valence-corrected chi connectivity index (χ2v) is 8.86. The van der Waals surface area contributed by atoms with Gasteiger partial charge < -0.3 is 29.6 Å². The summed E-state index contributed by atoms with van der Waals surface area (Å²) in [6.45, 7) is 1.74. The van der Waals surface area contributed by atoms with Crippen LogP contribution in [-0.2, 0) is 4.79 Å². The molecule has 1 amide bonds. The summed E-state index contributed by atoms with van der Waals surface area (Å²) in [5.74, 6) is 1.48. The fourth-order valence-corrected chi connectivity index (χ4v) is 4.70. The maximum atomic E-state index is 15.3. The van der Waals surface area contributed by atoms with Crippen molar-refractivity contribution in [3.05, 3.63) is 83.3 Å². The number of ether oxygens (including phenoxy) is 4. The predicted molar refractivity (Wildman–Crippen MR) is 148 cm³/mol. The second-order valence-electron chi connectivity index (χ2n) is 8.86. The third-order valence-corrected chi connectivity index (χ3v) is 6.58. The average Bonchev–Trinajstić information content (AvgIpc) is 3.39. The fourth-order valence-electron chi connectivity index (χ4n) is 4.70. The van der Waals surface area contributed by atoms with Gasteiger partial charge in [-0.05, 0) is 37.3 Å². The van der Waals surface area contributed by atoms with Crippen molar-refractivity contribution in [2.24, 2.45) is 0 Å². The summed E-state index contributed by atoms with van der Waals surface area (Å²) in [6.07, 6.45) is 0. The van der Waals surface area contributed by atoms with Crippen LogP contribution in [0.4, 0.5) is 16.0 Å². The summed E-state index contributed by atoms with van der Waals surface area (Å²) < 4.78 is 38.6. The van der Waals surface area contributed by atoms with E-state index < -0.39 is 17.8 Å². The molecule has 1 aliphatic heterocycles. The van der Waals surface area contributed by atoms with E-state index in [9.17, 15) is 4.79 Å². The summed E-state index contributed by atoms with van der Waals surface area (Å²) >= 11 is 0. The molecule has 0 bridgehead atoms. The Bertz CT molecular complexity index is 1590. The molecule has 0 aliphatic carbocycles. The monoisotopic (exact) mass is 545 g/mol. The zero-order valence-electron chi connectivity index (χ0n) is 22.6. The van der Waals surface area contributed by atoms with Crippen LogP contribution in [0.5, 0.6) is 23.0 Å². The van der Waals surface area contributed by atoms with Crippen LogP contribution in [0.15, 0.2) is 71.9 Å². The first-order valence-corrected chi connectivity index (χ1v) is 12.3. The number of nitrogens with one attached hydrogen (secondary N) is 2. The van der Waals surface area contributed by atoms with Crippen LogP contribution in [-0.4, -0.2) is 49.1 Å². The maximum Gasteiger partial charge on any atom is 0.255 e. The number of hydrogen-bond acceptors (Lipinski definition) is 8. The van der Waals surface area contributed by atoms with E-state index in [0.717, 1.165) is 0 Å². The SMILES string of the molecule is COc1ccccc1NC(=O)C1=C(C)Nc2nc(-c3cc(OC)c(OC)c(OC)c3)nn2C1c1ccccc1F. The minimum absolute atomic E-state index is 0.260. The van der Waals surface area contributed by atoms with E-state index in [-0.39, 0.29) is 11.1 Å². The quantitative estimate of drug-likeness (QED) is 0.317. The van der Waals surface area contributed by atoms with Gasteiger partial charge >= 0.3 is 0 Å². The molecule has 0 saturated heterocycles. The molecule has 2 heterocycles. The number of methoxy groups -OCH3 is 4. The molecule has 206 valence electrons. The van der Waals surface area contributed by atoms with Crippen molar-refractivity contribution in [1.29, 1.82) is 0 Å². The first-order valence-electron chi connectivity index (χ1n) is 12.3. The Hall–Kier alpha value is -5.06. The molecule has 2 N–H and O–H groups in total. The van der Waals surface area contributed by atoms with Gasteiger partial charge in [0, 0.05) is 16.8 Å². The van der Waals surface area contributed by atoms with Gasteiger partial charge in [0.15, 0.2) is 17.3 Å². The molecule has 0 radical (unpaired) electrons. The number of aromatic nitrogens is 3. The molecule has 0 spiro atoms. The lowest BCUT2D eigenvalue weighted by Crippen LogP contribution is -2.32. The first kappa shape index (κ1) is 26.5. The summed E-state index contributed by atoms with van der Waals surface area (Å²) in [6, 6.07) is 15.8. The molecule has 1 atom stereocenters. The smallest absolute Gasteiger partial charge is 0.255 e. The van der Waals surface area contributed by atoms with Crippen molar-refractivity contribution in [3.63, 3.8) is 0 Å². The number of hydrogen-bond donors (Lipinski definition) is 2. The Morgan fingerprint density at radius 2 is 1.57 bits per heavy atom. The molecule has 10 nitrogen and oxygen atoms in total. The van der Waals surface area contributed by atoms with Crippen molar-refractivity contribution >= 4 is 17.5 Å². The number of para-hydroxylation sites is 2. The van der Waals surface area contributed by atoms with Crippen molar-refractivity contribution in [2.75, 3.05) is 39.1 Å². The van der Waals surface area contributed by atoms with Gasteiger partial charge in [0.1, 0.15) is 17.6 Å². The van der Waals surface area contributed by atoms with Crippen molar-refractivity contribution < 1.29 is 28.1 Å². The Balaban J connectivity index is 1.63. The lowest BCUT2D eigenvalue weighted by atomic mass is 9.94. The number of allylic oxidation sites excluding steroid dienone is 1. The molecule has 40 heavy (non-hydrogen) atoms. The molecule has 11 heteroatoms. The van der Waals surface area contributed by atoms with Gasteiger partial charge in [0.05, 0.1) is 39.7 Å². The molecule has 3 aromatic carbocycles. The summed E-state index contributed by atoms with van der Waals surface area (Å²) in [4.78, 5) is 18.4. The van der Waals surface area contributed by atoms with Crippen molar-refractivity contribution in [3.8, 4) is 34.4 Å². The highest BCUT2D eigenvalue weighted by atomic mass is 19.1. The minimum Gasteiger partial charge on any atom is -0.495 e. The third kappa shape index (κ3) is 4.66. The number of benzene rings is 3. The Morgan fingerprint density at radius 3 is 2.23 bits per heavy atom. The van der Waals surface area contributed by atoms with Gasteiger partial charge in [-0.1, -0.05) is 30.3 Å². The number of rotatable bonds is 8. The van der Waals surface area contributed by atoms with Crippen molar-refractivity contribution in [2.45, 2.75) is 13.0 Å². The number of fused-ring (bicyclic) bond motifs is 1. The topological polar surface area (TPSA) is 109 Å².